The molecule has 1 unspecified atom stereocenters. The van der Waals surface area contributed by atoms with Gasteiger partial charge in [0, 0.05) is 12.7 Å². The standard InChI is InChI=1S/C16H24N2O3/c1-12(19)13-6-5-7-14(10-13)17-15(20)18(2)11-16(21)8-3-4-9-16/h5-7,10,12,19,21H,3-4,8-9,11H2,1-2H3,(H,17,20). The van der Waals surface area contributed by atoms with Gasteiger partial charge in [-0.25, -0.2) is 4.79 Å². The minimum atomic E-state index is -0.743. The molecule has 1 atom stereocenters. The molecule has 0 radical (unpaired) electrons. The maximum atomic E-state index is 12.2. The van der Waals surface area contributed by atoms with Gasteiger partial charge in [0.2, 0.25) is 0 Å². The van der Waals surface area contributed by atoms with Crippen LogP contribution in [0.15, 0.2) is 24.3 Å². The van der Waals surface area contributed by atoms with Gasteiger partial charge in [-0.2, -0.15) is 0 Å². The molecule has 0 saturated heterocycles. The van der Waals surface area contributed by atoms with Crippen molar-refractivity contribution in [2.24, 2.45) is 0 Å². The summed E-state index contributed by atoms with van der Waals surface area (Å²) in [5.74, 6) is 0. The zero-order chi connectivity index (χ0) is 15.5. The van der Waals surface area contributed by atoms with Crippen molar-refractivity contribution in [3.63, 3.8) is 0 Å². The van der Waals surface area contributed by atoms with Crippen molar-refractivity contribution in [2.45, 2.75) is 44.3 Å². The third-order valence-corrected chi connectivity index (χ3v) is 4.03. The van der Waals surface area contributed by atoms with E-state index < -0.39 is 11.7 Å². The van der Waals surface area contributed by atoms with E-state index in [1.807, 2.05) is 6.07 Å². The smallest absolute Gasteiger partial charge is 0.321 e. The first-order valence-electron chi connectivity index (χ1n) is 7.42. The average Bonchev–Trinajstić information content (AvgIpc) is 2.85. The van der Waals surface area contributed by atoms with E-state index in [4.69, 9.17) is 0 Å². The SMILES string of the molecule is CC(O)c1cccc(NC(=O)N(C)CC2(O)CCCC2)c1. The third-order valence-electron chi connectivity index (χ3n) is 4.03. The van der Waals surface area contributed by atoms with Gasteiger partial charge in [-0.15, -0.1) is 0 Å². The molecule has 1 aliphatic rings. The summed E-state index contributed by atoms with van der Waals surface area (Å²) in [6, 6.07) is 6.88. The zero-order valence-electron chi connectivity index (χ0n) is 12.7. The van der Waals surface area contributed by atoms with Crippen LogP contribution in [0.1, 0.15) is 44.3 Å². The van der Waals surface area contributed by atoms with Gasteiger partial charge in [0.05, 0.1) is 18.2 Å². The van der Waals surface area contributed by atoms with Crippen LogP contribution in [0.4, 0.5) is 10.5 Å². The number of urea groups is 1. The number of hydrogen-bond donors (Lipinski definition) is 3. The van der Waals surface area contributed by atoms with E-state index in [0.29, 0.717) is 12.2 Å². The van der Waals surface area contributed by atoms with Gasteiger partial charge in [-0.05, 0) is 37.5 Å². The number of benzene rings is 1. The van der Waals surface area contributed by atoms with Crippen LogP contribution in [0.2, 0.25) is 0 Å². The molecule has 3 N–H and O–H groups in total. The normalized spacial score (nSPS) is 18.3. The van der Waals surface area contributed by atoms with E-state index in [1.165, 1.54) is 4.90 Å². The number of carbonyl (C=O) groups is 1. The highest BCUT2D eigenvalue weighted by Gasteiger charge is 2.33. The molecule has 2 rings (SSSR count). The summed E-state index contributed by atoms with van der Waals surface area (Å²) < 4.78 is 0. The van der Waals surface area contributed by atoms with E-state index in [-0.39, 0.29) is 6.03 Å². The lowest BCUT2D eigenvalue weighted by Crippen LogP contribution is -2.43. The molecule has 2 amide bonds. The fourth-order valence-corrected chi connectivity index (χ4v) is 2.80. The topological polar surface area (TPSA) is 72.8 Å². The number of likely N-dealkylation sites (N-methyl/N-ethyl adjacent to an activating group) is 1. The maximum absolute atomic E-state index is 12.2. The molecule has 1 aliphatic carbocycles. The molecule has 5 nitrogen and oxygen atoms in total. The van der Waals surface area contributed by atoms with Crippen molar-refractivity contribution in [3.05, 3.63) is 29.8 Å². The van der Waals surface area contributed by atoms with Gasteiger partial charge in [0.15, 0.2) is 0 Å². The molecule has 1 fully saturated rings. The quantitative estimate of drug-likeness (QED) is 0.798. The second-order valence-electron chi connectivity index (χ2n) is 6.02. The summed E-state index contributed by atoms with van der Waals surface area (Å²) in [6.07, 6.45) is 2.97. The van der Waals surface area contributed by atoms with Crippen molar-refractivity contribution in [1.82, 2.24) is 4.90 Å². The monoisotopic (exact) mass is 292 g/mol. The Hall–Kier alpha value is -1.59. The van der Waals surface area contributed by atoms with Crippen molar-refractivity contribution >= 4 is 11.7 Å². The Labute approximate surface area is 125 Å². The first kappa shape index (κ1) is 15.8. The fraction of sp³-hybridized carbons (Fsp3) is 0.562. The lowest BCUT2D eigenvalue weighted by atomic mass is 10.0. The number of aliphatic hydroxyl groups excluding tert-OH is 1. The van der Waals surface area contributed by atoms with Gasteiger partial charge >= 0.3 is 6.03 Å². The Morgan fingerprint density at radius 2 is 2.10 bits per heavy atom. The van der Waals surface area contributed by atoms with Crippen LogP contribution in [0, 0.1) is 0 Å². The number of aliphatic hydroxyl groups is 2. The molecule has 5 heteroatoms. The van der Waals surface area contributed by atoms with Crippen LogP contribution in [0.25, 0.3) is 0 Å². The summed E-state index contributed by atoms with van der Waals surface area (Å²) in [6.45, 7) is 2.03. The Morgan fingerprint density at radius 1 is 1.43 bits per heavy atom. The Morgan fingerprint density at radius 3 is 2.71 bits per heavy atom. The third kappa shape index (κ3) is 4.19. The van der Waals surface area contributed by atoms with Gasteiger partial charge < -0.3 is 20.4 Å². The van der Waals surface area contributed by atoms with Gasteiger partial charge in [-0.1, -0.05) is 25.0 Å². The predicted octanol–water partition coefficient (Wildman–Crippen LogP) is 2.51. The van der Waals surface area contributed by atoms with E-state index >= 15 is 0 Å². The second kappa shape index (κ2) is 6.45. The lowest BCUT2D eigenvalue weighted by Gasteiger charge is -2.28. The highest BCUT2D eigenvalue weighted by atomic mass is 16.3. The lowest BCUT2D eigenvalue weighted by molar-refractivity contribution is 0.0261. The minimum absolute atomic E-state index is 0.252. The number of amides is 2. The fourth-order valence-electron chi connectivity index (χ4n) is 2.80. The van der Waals surface area contributed by atoms with Gasteiger partial charge in [-0.3, -0.25) is 0 Å². The van der Waals surface area contributed by atoms with Crippen LogP contribution in [0.5, 0.6) is 0 Å². The highest BCUT2D eigenvalue weighted by molar-refractivity contribution is 5.89. The molecule has 116 valence electrons. The van der Waals surface area contributed by atoms with E-state index in [1.54, 1.807) is 32.2 Å². The van der Waals surface area contributed by atoms with Gasteiger partial charge in [0.25, 0.3) is 0 Å². The van der Waals surface area contributed by atoms with Crippen molar-refractivity contribution < 1.29 is 15.0 Å². The summed E-state index contributed by atoms with van der Waals surface area (Å²) in [5.41, 5.74) is 0.654. The number of rotatable bonds is 4. The van der Waals surface area contributed by atoms with Crippen molar-refractivity contribution in [2.75, 3.05) is 18.9 Å². The Balaban J connectivity index is 1.95. The molecule has 0 aromatic heterocycles. The molecule has 1 aromatic carbocycles. The number of nitrogens with zero attached hydrogens (tertiary/aromatic N) is 1. The first-order chi connectivity index (χ1) is 9.89. The Bertz CT molecular complexity index is 496. The molecular weight excluding hydrogens is 268 g/mol. The molecule has 1 aromatic rings. The van der Waals surface area contributed by atoms with Crippen LogP contribution in [0.3, 0.4) is 0 Å². The van der Waals surface area contributed by atoms with E-state index in [2.05, 4.69) is 5.32 Å². The molecule has 1 saturated carbocycles. The van der Waals surface area contributed by atoms with Crippen LogP contribution in [-0.2, 0) is 0 Å². The molecule has 21 heavy (non-hydrogen) atoms. The summed E-state index contributed by atoms with van der Waals surface area (Å²) >= 11 is 0. The van der Waals surface area contributed by atoms with E-state index in [0.717, 1.165) is 31.2 Å². The Kier molecular flexibility index (Phi) is 4.85. The summed E-state index contributed by atoms with van der Waals surface area (Å²) in [5, 5.41) is 22.7. The van der Waals surface area contributed by atoms with Crippen molar-refractivity contribution in [3.8, 4) is 0 Å². The van der Waals surface area contributed by atoms with Crippen LogP contribution in [-0.4, -0.2) is 40.3 Å². The summed E-state index contributed by atoms with van der Waals surface area (Å²) in [7, 11) is 1.68. The average molecular weight is 292 g/mol. The first-order valence-corrected chi connectivity index (χ1v) is 7.42. The number of nitrogens with one attached hydrogen (secondary N) is 1. The molecule has 0 aliphatic heterocycles. The summed E-state index contributed by atoms with van der Waals surface area (Å²) in [4.78, 5) is 13.7. The largest absolute Gasteiger partial charge is 0.389 e. The van der Waals surface area contributed by atoms with Gasteiger partial charge in [0.1, 0.15) is 0 Å². The number of carbonyl (C=O) groups excluding carboxylic acids is 1. The van der Waals surface area contributed by atoms with E-state index in [9.17, 15) is 15.0 Å². The maximum Gasteiger partial charge on any atom is 0.321 e. The van der Waals surface area contributed by atoms with Crippen molar-refractivity contribution in [1.29, 1.82) is 0 Å². The van der Waals surface area contributed by atoms with Crippen LogP contribution < -0.4 is 5.32 Å². The predicted molar refractivity (Wildman–Crippen MR) is 82.1 cm³/mol. The zero-order valence-corrected chi connectivity index (χ0v) is 12.7. The molecule has 0 spiro atoms. The highest BCUT2D eigenvalue weighted by Crippen LogP contribution is 2.30. The van der Waals surface area contributed by atoms with Crippen LogP contribution >= 0.6 is 0 Å². The molecule has 0 bridgehead atoms. The molecule has 0 heterocycles. The number of anilines is 1. The minimum Gasteiger partial charge on any atom is -0.389 e. The second-order valence-corrected chi connectivity index (χ2v) is 6.02. The number of hydrogen-bond acceptors (Lipinski definition) is 3. The molecular formula is C16H24N2O3.